The van der Waals surface area contributed by atoms with E-state index in [0.717, 1.165) is 44.4 Å². The van der Waals surface area contributed by atoms with Crippen LogP contribution in [0, 0.1) is 6.92 Å². The number of hydrazone groups is 1. The molecular formula is C26H22N6OS. The first-order valence-corrected chi connectivity index (χ1v) is 11.8. The van der Waals surface area contributed by atoms with Gasteiger partial charge in [-0.15, -0.1) is 10.2 Å². The van der Waals surface area contributed by atoms with Gasteiger partial charge in [0.2, 0.25) is 5.13 Å². The number of nitrogens with zero attached hydrogens (tertiary/aromatic N) is 6. The first-order valence-electron chi connectivity index (χ1n) is 11.0. The lowest BCUT2D eigenvalue weighted by Crippen LogP contribution is -2.35. The number of methoxy groups -OCH3 is 1. The van der Waals surface area contributed by atoms with Gasteiger partial charge >= 0.3 is 0 Å². The van der Waals surface area contributed by atoms with E-state index in [1.165, 1.54) is 11.3 Å². The van der Waals surface area contributed by atoms with Crippen molar-refractivity contribution in [1.29, 1.82) is 0 Å². The van der Waals surface area contributed by atoms with Crippen LogP contribution in [0.15, 0.2) is 95.0 Å². The highest BCUT2D eigenvalue weighted by Gasteiger charge is 2.48. The van der Waals surface area contributed by atoms with Crippen LogP contribution in [0.2, 0.25) is 0 Å². The minimum absolute atomic E-state index is 0.110. The molecule has 0 bridgehead atoms. The molecule has 7 nitrogen and oxygen atoms in total. The average Bonchev–Trinajstić information content (AvgIpc) is 3.58. The molecule has 6 rings (SSSR count). The van der Waals surface area contributed by atoms with Crippen LogP contribution in [0.25, 0.3) is 0 Å². The van der Waals surface area contributed by atoms with Gasteiger partial charge < -0.3 is 4.74 Å². The lowest BCUT2D eigenvalue weighted by molar-refractivity contribution is 0.414. The van der Waals surface area contributed by atoms with Gasteiger partial charge in [-0.3, -0.25) is 14.9 Å². The Bertz CT molecular complexity index is 1370. The number of hydrogen-bond donors (Lipinski definition) is 0. The quantitative estimate of drug-likeness (QED) is 0.411. The number of fused-ring (bicyclic) bond motifs is 1. The van der Waals surface area contributed by atoms with E-state index in [0.29, 0.717) is 0 Å². The smallest absolute Gasteiger partial charge is 0.219 e. The number of ether oxygens (including phenoxy) is 1. The molecule has 1 aromatic heterocycles. The fourth-order valence-electron chi connectivity index (χ4n) is 4.39. The van der Waals surface area contributed by atoms with Crippen molar-refractivity contribution in [3.8, 4) is 5.75 Å². The van der Waals surface area contributed by atoms with E-state index >= 15 is 0 Å². The maximum Gasteiger partial charge on any atom is 0.219 e. The van der Waals surface area contributed by atoms with Gasteiger partial charge in [-0.25, -0.2) is 0 Å². The van der Waals surface area contributed by atoms with Crippen molar-refractivity contribution in [3.63, 3.8) is 0 Å². The third-order valence-electron chi connectivity index (χ3n) is 5.96. The zero-order valence-corrected chi connectivity index (χ0v) is 19.6. The summed E-state index contributed by atoms with van der Waals surface area (Å²) in [5.41, 5.74) is 3.14. The minimum atomic E-state index is -0.201. The van der Waals surface area contributed by atoms with Gasteiger partial charge in [-0.05, 0) is 36.8 Å². The van der Waals surface area contributed by atoms with Crippen molar-refractivity contribution >= 4 is 33.8 Å². The van der Waals surface area contributed by atoms with E-state index in [4.69, 9.17) is 14.8 Å². The molecular weight excluding hydrogens is 444 g/mol. The SMILES string of the molecule is COc1ccc([C@H]2[C@H]3N=C(c4ccccc4)N(c4nnc(C)s4)C3=NN2c2ccccc2)cc1. The normalized spacial score (nSPS) is 19.1. The van der Waals surface area contributed by atoms with Gasteiger partial charge in [0.05, 0.1) is 12.8 Å². The zero-order valence-electron chi connectivity index (χ0n) is 18.7. The Morgan fingerprint density at radius 2 is 1.56 bits per heavy atom. The summed E-state index contributed by atoms with van der Waals surface area (Å²) in [5, 5.41) is 17.6. The van der Waals surface area contributed by atoms with Crippen LogP contribution in [0.3, 0.4) is 0 Å². The van der Waals surface area contributed by atoms with Crippen LogP contribution < -0.4 is 14.6 Å². The molecule has 0 aliphatic carbocycles. The Balaban J connectivity index is 1.51. The molecule has 4 aromatic rings. The Kier molecular flexibility index (Phi) is 5.07. The maximum atomic E-state index is 5.39. The zero-order chi connectivity index (χ0) is 23.1. The summed E-state index contributed by atoms with van der Waals surface area (Å²) >= 11 is 1.54. The highest BCUT2D eigenvalue weighted by atomic mass is 32.1. The summed E-state index contributed by atoms with van der Waals surface area (Å²) in [6.45, 7) is 1.96. The Hall–Kier alpha value is -4.04. The van der Waals surface area contributed by atoms with E-state index in [1.54, 1.807) is 7.11 Å². The number of aromatic nitrogens is 2. The highest BCUT2D eigenvalue weighted by Crippen LogP contribution is 2.42. The number of benzene rings is 3. The van der Waals surface area contributed by atoms with Gasteiger partial charge in [0, 0.05) is 5.56 Å². The van der Waals surface area contributed by atoms with Crippen LogP contribution in [0.5, 0.6) is 5.75 Å². The first-order chi connectivity index (χ1) is 16.7. The lowest BCUT2D eigenvalue weighted by atomic mass is 9.99. The molecule has 168 valence electrons. The second kappa shape index (κ2) is 8.39. The third-order valence-corrected chi connectivity index (χ3v) is 6.78. The summed E-state index contributed by atoms with van der Waals surface area (Å²) < 4.78 is 5.39. The molecule has 34 heavy (non-hydrogen) atoms. The van der Waals surface area contributed by atoms with E-state index in [-0.39, 0.29) is 12.1 Å². The largest absolute Gasteiger partial charge is 0.497 e. The summed E-state index contributed by atoms with van der Waals surface area (Å²) in [4.78, 5) is 7.30. The number of aliphatic imine (C=N–C) groups is 1. The number of rotatable bonds is 5. The van der Waals surface area contributed by atoms with Crippen LogP contribution in [-0.4, -0.2) is 35.0 Å². The molecule has 0 amide bonds. The molecule has 2 atom stereocenters. The summed E-state index contributed by atoms with van der Waals surface area (Å²) in [6.07, 6.45) is 0. The maximum absolute atomic E-state index is 5.39. The van der Waals surface area contributed by atoms with Crippen molar-refractivity contribution < 1.29 is 4.74 Å². The molecule has 0 unspecified atom stereocenters. The van der Waals surface area contributed by atoms with E-state index in [9.17, 15) is 0 Å². The Labute approximate surface area is 201 Å². The van der Waals surface area contributed by atoms with E-state index in [2.05, 4.69) is 56.5 Å². The van der Waals surface area contributed by atoms with Crippen molar-refractivity contribution in [1.82, 2.24) is 10.2 Å². The monoisotopic (exact) mass is 466 g/mol. The summed E-state index contributed by atoms with van der Waals surface area (Å²) in [6, 6.07) is 28.2. The molecule has 0 radical (unpaired) electrons. The van der Waals surface area contributed by atoms with Crippen LogP contribution in [0.4, 0.5) is 10.8 Å². The van der Waals surface area contributed by atoms with Gasteiger partial charge in [0.15, 0.2) is 5.84 Å². The van der Waals surface area contributed by atoms with Crippen molar-refractivity contribution in [2.24, 2.45) is 10.1 Å². The van der Waals surface area contributed by atoms with Crippen molar-refractivity contribution in [3.05, 3.63) is 101 Å². The lowest BCUT2D eigenvalue weighted by Gasteiger charge is -2.26. The van der Waals surface area contributed by atoms with Crippen molar-refractivity contribution in [2.45, 2.75) is 19.0 Å². The van der Waals surface area contributed by atoms with Gasteiger partial charge in [-0.1, -0.05) is 72.0 Å². The fourth-order valence-corrected chi connectivity index (χ4v) is 5.09. The Morgan fingerprint density at radius 1 is 0.853 bits per heavy atom. The van der Waals surface area contributed by atoms with Gasteiger partial charge in [0.25, 0.3) is 0 Å². The average molecular weight is 467 g/mol. The second-order valence-corrected chi connectivity index (χ2v) is 9.22. The molecule has 2 aliphatic heterocycles. The summed E-state index contributed by atoms with van der Waals surface area (Å²) in [7, 11) is 1.68. The molecule has 2 aliphatic rings. The van der Waals surface area contributed by atoms with Gasteiger partial charge in [0.1, 0.15) is 28.7 Å². The molecule has 0 saturated heterocycles. The number of hydrogen-bond acceptors (Lipinski definition) is 8. The Morgan fingerprint density at radius 3 is 2.21 bits per heavy atom. The predicted molar refractivity (Wildman–Crippen MR) is 136 cm³/mol. The highest BCUT2D eigenvalue weighted by molar-refractivity contribution is 7.15. The number of amidine groups is 2. The molecule has 0 spiro atoms. The molecule has 3 heterocycles. The topological polar surface area (TPSA) is 66.2 Å². The molecule has 8 heteroatoms. The summed E-state index contributed by atoms with van der Waals surface area (Å²) in [5.74, 6) is 2.51. The number of aryl methyl sites for hydroxylation is 1. The van der Waals surface area contributed by atoms with Crippen molar-refractivity contribution in [2.75, 3.05) is 17.0 Å². The van der Waals surface area contributed by atoms with E-state index < -0.39 is 0 Å². The second-order valence-electron chi connectivity index (χ2n) is 8.06. The van der Waals surface area contributed by atoms with Crippen LogP contribution >= 0.6 is 11.3 Å². The molecule has 0 N–H and O–H groups in total. The van der Waals surface area contributed by atoms with E-state index in [1.807, 2.05) is 55.5 Å². The van der Waals surface area contributed by atoms with Crippen LogP contribution in [0.1, 0.15) is 22.2 Å². The fraction of sp³-hybridized carbons (Fsp3) is 0.154. The van der Waals surface area contributed by atoms with Crippen LogP contribution in [-0.2, 0) is 0 Å². The number of anilines is 2. The minimum Gasteiger partial charge on any atom is -0.497 e. The third kappa shape index (κ3) is 3.43. The van der Waals surface area contributed by atoms with Gasteiger partial charge in [-0.2, -0.15) is 5.10 Å². The number of para-hydroxylation sites is 1. The predicted octanol–water partition coefficient (Wildman–Crippen LogP) is 5.07. The molecule has 3 aromatic carbocycles. The molecule has 0 saturated carbocycles. The standard InChI is InChI=1S/C26H22N6OS/c1-17-28-29-26(34-17)31-24(19-9-5-3-6-10-19)27-22-23(18-13-15-21(33-2)16-14-18)32(30-25(22)31)20-11-7-4-8-12-20/h3-16,22-23H,1-2H3/t22-,23+/m1/s1. The first kappa shape index (κ1) is 20.6. The molecule has 0 fully saturated rings.